The van der Waals surface area contributed by atoms with Crippen molar-refractivity contribution in [1.29, 1.82) is 0 Å². The fourth-order valence-electron chi connectivity index (χ4n) is 3.66. The second-order valence-electron chi connectivity index (χ2n) is 7.38. The summed E-state index contributed by atoms with van der Waals surface area (Å²) in [6.07, 6.45) is 0.614. The van der Waals surface area contributed by atoms with Crippen molar-refractivity contribution in [2.24, 2.45) is 0 Å². The molecule has 128 valence electrons. The number of hydrogen-bond acceptors (Lipinski definition) is 3. The standard InChI is InChI=1S/C18H22N2O4/c1-18(2,3)20(17(23)24)14-8-9-19(16(14)22)12-5-6-13-11(10-12)4-7-15(13)21/h5-6,10,14H,4,7-9H2,1-3H3,(H,23,24)/t14-/m0/s1. The molecule has 2 amide bonds. The first-order valence-corrected chi connectivity index (χ1v) is 8.20. The zero-order valence-electron chi connectivity index (χ0n) is 14.2. The molecule has 0 spiro atoms. The van der Waals surface area contributed by atoms with Crippen LogP contribution in [-0.4, -0.2) is 45.9 Å². The van der Waals surface area contributed by atoms with Gasteiger partial charge in [-0.2, -0.15) is 0 Å². The average Bonchev–Trinajstić information content (AvgIpc) is 3.02. The van der Waals surface area contributed by atoms with Gasteiger partial charge in [-0.3, -0.25) is 14.5 Å². The highest BCUT2D eigenvalue weighted by Gasteiger charge is 2.43. The molecule has 1 N–H and O–H groups in total. The minimum atomic E-state index is -1.08. The van der Waals surface area contributed by atoms with Crippen molar-refractivity contribution >= 4 is 23.5 Å². The lowest BCUT2D eigenvalue weighted by Crippen LogP contribution is -2.54. The molecule has 1 aliphatic heterocycles. The summed E-state index contributed by atoms with van der Waals surface area (Å²) >= 11 is 0. The zero-order chi connectivity index (χ0) is 17.6. The number of carbonyl (C=O) groups is 3. The molecule has 1 aromatic rings. The van der Waals surface area contributed by atoms with Gasteiger partial charge in [-0.15, -0.1) is 0 Å². The van der Waals surface area contributed by atoms with Gasteiger partial charge in [0.25, 0.3) is 0 Å². The van der Waals surface area contributed by atoms with E-state index in [1.807, 2.05) is 6.07 Å². The van der Waals surface area contributed by atoms with Crippen LogP contribution >= 0.6 is 0 Å². The van der Waals surface area contributed by atoms with Crippen LogP contribution in [-0.2, 0) is 11.2 Å². The molecule has 0 aromatic heterocycles. The number of amides is 2. The molecule has 1 heterocycles. The summed E-state index contributed by atoms with van der Waals surface area (Å²) < 4.78 is 0. The van der Waals surface area contributed by atoms with Crippen LogP contribution in [0.3, 0.4) is 0 Å². The van der Waals surface area contributed by atoms with Gasteiger partial charge in [0.1, 0.15) is 6.04 Å². The van der Waals surface area contributed by atoms with Gasteiger partial charge in [0.2, 0.25) is 5.91 Å². The van der Waals surface area contributed by atoms with E-state index in [0.717, 1.165) is 16.8 Å². The van der Waals surface area contributed by atoms with E-state index < -0.39 is 17.7 Å². The number of fused-ring (bicyclic) bond motifs is 1. The number of benzene rings is 1. The van der Waals surface area contributed by atoms with Gasteiger partial charge in [0.15, 0.2) is 5.78 Å². The molecular weight excluding hydrogens is 308 g/mol. The Morgan fingerprint density at radius 2 is 1.96 bits per heavy atom. The molecule has 1 atom stereocenters. The largest absolute Gasteiger partial charge is 0.465 e. The lowest BCUT2D eigenvalue weighted by molar-refractivity contribution is -0.122. The fraction of sp³-hybridized carbons (Fsp3) is 0.500. The maximum absolute atomic E-state index is 12.8. The average molecular weight is 330 g/mol. The molecule has 0 bridgehead atoms. The van der Waals surface area contributed by atoms with Crippen LogP contribution in [0.15, 0.2) is 18.2 Å². The minimum absolute atomic E-state index is 0.145. The van der Waals surface area contributed by atoms with E-state index in [1.165, 1.54) is 4.90 Å². The summed E-state index contributed by atoms with van der Waals surface area (Å²) in [5.41, 5.74) is 1.81. The maximum atomic E-state index is 12.8. The van der Waals surface area contributed by atoms with Gasteiger partial charge < -0.3 is 10.0 Å². The number of anilines is 1. The zero-order valence-corrected chi connectivity index (χ0v) is 14.2. The Morgan fingerprint density at radius 3 is 2.58 bits per heavy atom. The van der Waals surface area contributed by atoms with Crippen LogP contribution in [0.1, 0.15) is 49.5 Å². The van der Waals surface area contributed by atoms with Crippen molar-refractivity contribution < 1.29 is 19.5 Å². The number of aryl methyl sites for hydroxylation is 1. The molecular formula is C18H22N2O4. The highest BCUT2D eigenvalue weighted by atomic mass is 16.4. The topological polar surface area (TPSA) is 77.9 Å². The molecule has 0 saturated carbocycles. The third-order valence-corrected chi connectivity index (χ3v) is 4.74. The second-order valence-corrected chi connectivity index (χ2v) is 7.38. The van der Waals surface area contributed by atoms with Crippen LogP contribution in [0, 0.1) is 0 Å². The van der Waals surface area contributed by atoms with Gasteiger partial charge in [-0.1, -0.05) is 0 Å². The third kappa shape index (κ3) is 2.66. The maximum Gasteiger partial charge on any atom is 0.408 e. The Labute approximate surface area is 141 Å². The Hall–Kier alpha value is -2.37. The van der Waals surface area contributed by atoms with Gasteiger partial charge in [-0.25, -0.2) is 4.79 Å². The van der Waals surface area contributed by atoms with Crippen molar-refractivity contribution in [2.45, 2.75) is 51.6 Å². The van der Waals surface area contributed by atoms with Crippen LogP contribution in [0.25, 0.3) is 0 Å². The first kappa shape index (κ1) is 16.5. The summed E-state index contributed by atoms with van der Waals surface area (Å²) in [6, 6.07) is 4.78. The van der Waals surface area contributed by atoms with Crippen molar-refractivity contribution in [2.75, 3.05) is 11.4 Å². The molecule has 0 radical (unpaired) electrons. The molecule has 6 heteroatoms. The molecule has 2 aliphatic rings. The Morgan fingerprint density at radius 1 is 1.25 bits per heavy atom. The van der Waals surface area contributed by atoms with Crippen LogP contribution in [0.4, 0.5) is 10.5 Å². The van der Waals surface area contributed by atoms with Crippen LogP contribution in [0.5, 0.6) is 0 Å². The van der Waals surface area contributed by atoms with Crippen molar-refractivity contribution in [3.63, 3.8) is 0 Å². The predicted molar refractivity (Wildman–Crippen MR) is 89.5 cm³/mol. The second kappa shape index (κ2) is 5.61. The summed E-state index contributed by atoms with van der Waals surface area (Å²) in [5.74, 6) is -0.0523. The molecule has 6 nitrogen and oxygen atoms in total. The van der Waals surface area contributed by atoms with Gasteiger partial charge in [0, 0.05) is 29.8 Å². The summed E-state index contributed by atoms with van der Waals surface area (Å²) in [6.45, 7) is 5.85. The molecule has 1 aromatic carbocycles. The highest BCUT2D eigenvalue weighted by Crippen LogP contribution is 2.32. The lowest BCUT2D eigenvalue weighted by atomic mass is 10.0. The molecule has 1 saturated heterocycles. The van der Waals surface area contributed by atoms with E-state index in [1.54, 1.807) is 37.8 Å². The SMILES string of the molecule is CC(C)(C)N(C(=O)O)[C@H]1CCN(c2ccc3c(c2)CCC3=O)C1=O. The van der Waals surface area contributed by atoms with Crippen LogP contribution in [0.2, 0.25) is 0 Å². The van der Waals surface area contributed by atoms with E-state index in [4.69, 9.17) is 0 Å². The van der Waals surface area contributed by atoms with E-state index in [0.29, 0.717) is 25.8 Å². The normalized spacial score (nSPS) is 20.5. The quantitative estimate of drug-likeness (QED) is 0.904. The molecule has 1 fully saturated rings. The highest BCUT2D eigenvalue weighted by molar-refractivity contribution is 6.03. The Bertz CT molecular complexity index is 720. The number of nitrogens with zero attached hydrogens (tertiary/aromatic N) is 2. The number of ketones is 1. The molecule has 0 unspecified atom stereocenters. The van der Waals surface area contributed by atoms with E-state index in [9.17, 15) is 19.5 Å². The van der Waals surface area contributed by atoms with E-state index in [2.05, 4.69) is 0 Å². The minimum Gasteiger partial charge on any atom is -0.465 e. The molecule has 24 heavy (non-hydrogen) atoms. The van der Waals surface area contributed by atoms with Crippen molar-refractivity contribution in [3.05, 3.63) is 29.3 Å². The number of Topliss-reactive ketones (excluding diaryl/α,β-unsaturated/α-hetero) is 1. The molecule has 3 rings (SSSR count). The number of carbonyl (C=O) groups excluding carboxylic acids is 2. The third-order valence-electron chi connectivity index (χ3n) is 4.74. The van der Waals surface area contributed by atoms with Crippen LogP contribution < -0.4 is 4.90 Å². The summed E-state index contributed by atoms with van der Waals surface area (Å²) in [4.78, 5) is 39.1. The van der Waals surface area contributed by atoms with Gasteiger partial charge in [-0.05, 0) is 57.4 Å². The van der Waals surface area contributed by atoms with E-state index in [-0.39, 0.29) is 11.7 Å². The Kier molecular flexibility index (Phi) is 3.86. The number of rotatable bonds is 2. The number of hydrogen-bond donors (Lipinski definition) is 1. The van der Waals surface area contributed by atoms with Crippen molar-refractivity contribution in [1.82, 2.24) is 4.90 Å². The van der Waals surface area contributed by atoms with E-state index >= 15 is 0 Å². The first-order chi connectivity index (χ1) is 11.2. The summed E-state index contributed by atoms with van der Waals surface area (Å²) in [5, 5.41) is 9.52. The summed E-state index contributed by atoms with van der Waals surface area (Å²) in [7, 11) is 0. The van der Waals surface area contributed by atoms with Crippen molar-refractivity contribution in [3.8, 4) is 0 Å². The monoisotopic (exact) mass is 330 g/mol. The Balaban J connectivity index is 1.87. The van der Waals surface area contributed by atoms with Gasteiger partial charge in [0.05, 0.1) is 0 Å². The van der Waals surface area contributed by atoms with Gasteiger partial charge >= 0.3 is 6.09 Å². The predicted octanol–water partition coefficient (Wildman–Crippen LogP) is 2.70. The smallest absolute Gasteiger partial charge is 0.408 e. The fourth-order valence-corrected chi connectivity index (χ4v) is 3.66. The lowest BCUT2D eigenvalue weighted by Gasteiger charge is -2.36. The first-order valence-electron chi connectivity index (χ1n) is 8.20. The molecule has 1 aliphatic carbocycles. The number of carboxylic acid groups (broad SMARTS) is 1.